The number of rotatable bonds is 3. The summed E-state index contributed by atoms with van der Waals surface area (Å²) in [5, 5.41) is 3.09. The molecule has 0 saturated carbocycles. The molecule has 20 heavy (non-hydrogen) atoms. The van der Waals surface area contributed by atoms with Crippen molar-refractivity contribution in [2.24, 2.45) is 0 Å². The van der Waals surface area contributed by atoms with Gasteiger partial charge in [-0.1, -0.05) is 0 Å². The second-order valence-corrected chi connectivity index (χ2v) is 6.88. The van der Waals surface area contributed by atoms with Gasteiger partial charge < -0.3 is 5.32 Å². The van der Waals surface area contributed by atoms with Crippen LogP contribution in [0.3, 0.4) is 0 Å². The van der Waals surface area contributed by atoms with Gasteiger partial charge in [-0.3, -0.25) is 0 Å². The molecule has 4 nitrogen and oxygen atoms in total. The van der Waals surface area contributed by atoms with E-state index >= 15 is 0 Å². The van der Waals surface area contributed by atoms with Crippen LogP contribution in [0.2, 0.25) is 0 Å². The van der Waals surface area contributed by atoms with E-state index in [-0.39, 0.29) is 23.3 Å². The first-order valence-corrected chi connectivity index (χ1v) is 7.74. The standard InChI is InChI=1S/C13H19FN2O2S.ClH/c1-9-6-11(14)7-10(2)13(9)19(17,18)16-5-4-12(8-16)15-3;/h6-7,12,15H,4-5,8H2,1-3H3;1H. The Bertz CT molecular complexity index is 569. The van der Waals surface area contributed by atoms with E-state index in [1.165, 1.54) is 16.4 Å². The van der Waals surface area contributed by atoms with Crippen LogP contribution >= 0.6 is 12.4 Å². The highest BCUT2D eigenvalue weighted by Gasteiger charge is 2.33. The molecule has 0 aliphatic carbocycles. The van der Waals surface area contributed by atoms with E-state index in [1.807, 2.05) is 7.05 Å². The smallest absolute Gasteiger partial charge is 0.243 e. The maximum atomic E-state index is 13.3. The number of benzene rings is 1. The van der Waals surface area contributed by atoms with Gasteiger partial charge in [-0.25, -0.2) is 12.8 Å². The summed E-state index contributed by atoms with van der Waals surface area (Å²) >= 11 is 0. The Hall–Kier alpha value is -0.690. The number of halogens is 2. The van der Waals surface area contributed by atoms with Gasteiger partial charge in [0.2, 0.25) is 10.0 Å². The molecule has 0 spiro atoms. The average molecular weight is 323 g/mol. The summed E-state index contributed by atoms with van der Waals surface area (Å²) in [5.41, 5.74) is 0.927. The van der Waals surface area contributed by atoms with Crippen LogP contribution in [0, 0.1) is 19.7 Å². The lowest BCUT2D eigenvalue weighted by Crippen LogP contribution is -2.34. The molecule has 114 valence electrons. The summed E-state index contributed by atoms with van der Waals surface area (Å²) in [6.45, 7) is 4.24. The molecule has 7 heteroatoms. The van der Waals surface area contributed by atoms with Crippen molar-refractivity contribution in [3.05, 3.63) is 29.1 Å². The van der Waals surface area contributed by atoms with Crippen LogP contribution in [-0.2, 0) is 10.0 Å². The maximum Gasteiger partial charge on any atom is 0.243 e. The number of likely N-dealkylation sites (N-methyl/N-ethyl adjacent to an activating group) is 1. The number of hydrogen-bond acceptors (Lipinski definition) is 3. The minimum Gasteiger partial charge on any atom is -0.316 e. The van der Waals surface area contributed by atoms with E-state index in [0.717, 1.165) is 6.42 Å². The Morgan fingerprint density at radius 1 is 1.30 bits per heavy atom. The number of nitrogens with zero attached hydrogens (tertiary/aromatic N) is 1. The van der Waals surface area contributed by atoms with Gasteiger partial charge in [0.25, 0.3) is 0 Å². The van der Waals surface area contributed by atoms with E-state index in [0.29, 0.717) is 24.2 Å². The van der Waals surface area contributed by atoms with Gasteiger partial charge in [-0.15, -0.1) is 12.4 Å². The lowest BCUT2D eigenvalue weighted by Gasteiger charge is -2.19. The van der Waals surface area contributed by atoms with E-state index < -0.39 is 15.8 Å². The summed E-state index contributed by atoms with van der Waals surface area (Å²) in [7, 11) is -1.70. The van der Waals surface area contributed by atoms with E-state index in [1.54, 1.807) is 13.8 Å². The van der Waals surface area contributed by atoms with Crippen molar-refractivity contribution in [3.8, 4) is 0 Å². The molecule has 0 radical (unpaired) electrons. The Morgan fingerprint density at radius 2 is 1.85 bits per heavy atom. The molecule has 1 saturated heterocycles. The fraction of sp³-hybridized carbons (Fsp3) is 0.538. The predicted octanol–water partition coefficient (Wildman–Crippen LogP) is 1.85. The molecule has 1 aliphatic rings. The molecule has 1 heterocycles. The van der Waals surface area contributed by atoms with Crippen molar-refractivity contribution >= 4 is 22.4 Å². The van der Waals surface area contributed by atoms with Gasteiger partial charge in [0, 0.05) is 19.1 Å². The average Bonchev–Trinajstić information content (AvgIpc) is 2.75. The van der Waals surface area contributed by atoms with Gasteiger partial charge in [-0.05, 0) is 50.6 Å². The Kier molecular flexibility index (Phi) is 5.54. The van der Waals surface area contributed by atoms with Crippen LogP contribution in [0.1, 0.15) is 17.5 Å². The fourth-order valence-electron chi connectivity index (χ4n) is 2.62. The summed E-state index contributed by atoms with van der Waals surface area (Å²) in [6.07, 6.45) is 0.801. The first-order valence-electron chi connectivity index (χ1n) is 6.30. The Balaban J connectivity index is 0.00000200. The Morgan fingerprint density at radius 3 is 2.30 bits per heavy atom. The second kappa shape index (κ2) is 6.39. The quantitative estimate of drug-likeness (QED) is 0.924. The van der Waals surface area contributed by atoms with E-state index in [4.69, 9.17) is 0 Å². The lowest BCUT2D eigenvalue weighted by atomic mass is 10.1. The first kappa shape index (κ1) is 17.4. The second-order valence-electron chi connectivity index (χ2n) is 5.01. The molecular formula is C13H20ClFN2O2S. The van der Waals surface area contributed by atoms with Gasteiger partial charge >= 0.3 is 0 Å². The SMILES string of the molecule is CNC1CCN(S(=O)(=O)c2c(C)cc(F)cc2C)C1.Cl. The molecule has 1 aromatic rings. The molecule has 1 N–H and O–H groups in total. The molecule has 1 unspecified atom stereocenters. The Labute approximate surface area is 125 Å². The number of sulfonamides is 1. The minimum absolute atomic E-state index is 0. The van der Waals surface area contributed by atoms with Crippen molar-refractivity contribution in [2.45, 2.75) is 31.2 Å². The van der Waals surface area contributed by atoms with Crippen LogP contribution in [-0.4, -0.2) is 38.9 Å². The van der Waals surface area contributed by atoms with Crippen LogP contribution in [0.15, 0.2) is 17.0 Å². The van der Waals surface area contributed by atoms with Gasteiger partial charge in [0.1, 0.15) is 5.82 Å². The third kappa shape index (κ3) is 3.14. The topological polar surface area (TPSA) is 49.4 Å². The molecule has 1 aliphatic heterocycles. The third-order valence-electron chi connectivity index (χ3n) is 3.58. The molecule has 0 aromatic heterocycles. The first-order chi connectivity index (χ1) is 8.86. The molecule has 1 aromatic carbocycles. The zero-order valence-electron chi connectivity index (χ0n) is 11.8. The predicted molar refractivity (Wildman–Crippen MR) is 79.3 cm³/mol. The van der Waals surface area contributed by atoms with Crippen LogP contribution < -0.4 is 5.32 Å². The summed E-state index contributed by atoms with van der Waals surface area (Å²) in [4.78, 5) is 0.241. The minimum atomic E-state index is -3.53. The van der Waals surface area contributed by atoms with E-state index in [2.05, 4.69) is 5.32 Å². The molecule has 1 fully saturated rings. The fourth-order valence-corrected chi connectivity index (χ4v) is 4.53. The van der Waals surface area contributed by atoms with Crippen molar-refractivity contribution < 1.29 is 12.8 Å². The monoisotopic (exact) mass is 322 g/mol. The largest absolute Gasteiger partial charge is 0.316 e. The zero-order chi connectivity index (χ0) is 14.2. The lowest BCUT2D eigenvalue weighted by molar-refractivity contribution is 0.463. The summed E-state index contributed by atoms with van der Waals surface area (Å²) < 4.78 is 40.0. The van der Waals surface area contributed by atoms with Crippen molar-refractivity contribution in [1.82, 2.24) is 9.62 Å². The third-order valence-corrected chi connectivity index (χ3v) is 5.75. The highest BCUT2D eigenvalue weighted by Crippen LogP contribution is 2.27. The highest BCUT2D eigenvalue weighted by atomic mass is 35.5. The normalized spacial score (nSPS) is 19.9. The van der Waals surface area contributed by atoms with Crippen LogP contribution in [0.25, 0.3) is 0 Å². The van der Waals surface area contributed by atoms with Gasteiger partial charge in [0.05, 0.1) is 4.90 Å². The maximum absolute atomic E-state index is 13.3. The molecule has 2 rings (SSSR count). The summed E-state index contributed by atoms with van der Waals surface area (Å²) in [6, 6.07) is 2.73. The molecular weight excluding hydrogens is 303 g/mol. The number of hydrogen-bond donors (Lipinski definition) is 1. The van der Waals surface area contributed by atoms with Crippen molar-refractivity contribution in [1.29, 1.82) is 0 Å². The van der Waals surface area contributed by atoms with Gasteiger partial charge in [0.15, 0.2) is 0 Å². The van der Waals surface area contributed by atoms with Crippen LogP contribution in [0.4, 0.5) is 4.39 Å². The number of aryl methyl sites for hydroxylation is 2. The number of nitrogens with one attached hydrogen (secondary N) is 1. The van der Waals surface area contributed by atoms with E-state index in [9.17, 15) is 12.8 Å². The van der Waals surface area contributed by atoms with Crippen molar-refractivity contribution in [3.63, 3.8) is 0 Å². The zero-order valence-corrected chi connectivity index (χ0v) is 13.4. The highest BCUT2D eigenvalue weighted by molar-refractivity contribution is 7.89. The summed E-state index contributed by atoms with van der Waals surface area (Å²) in [5.74, 6) is -0.400. The van der Waals surface area contributed by atoms with Crippen LogP contribution in [0.5, 0.6) is 0 Å². The molecule has 0 bridgehead atoms. The van der Waals surface area contributed by atoms with Crippen molar-refractivity contribution in [2.75, 3.05) is 20.1 Å². The molecule has 0 amide bonds. The van der Waals surface area contributed by atoms with Gasteiger partial charge in [-0.2, -0.15) is 4.31 Å². The molecule has 1 atom stereocenters.